The molecule has 7 nitrogen and oxygen atoms in total. The fourth-order valence-corrected chi connectivity index (χ4v) is 3.91. The minimum absolute atomic E-state index is 0.0986. The number of nitrogens with zero attached hydrogens (tertiary/aromatic N) is 3. The van der Waals surface area contributed by atoms with Gasteiger partial charge in [-0.3, -0.25) is 4.79 Å². The maximum Gasteiger partial charge on any atom is 0.330 e. The molecular weight excluding hydrogens is 392 g/mol. The lowest BCUT2D eigenvalue weighted by Crippen LogP contribution is -2.62. The second-order valence-electron chi connectivity index (χ2n) is 7.20. The number of nitriles is 1. The number of carbonyl (C=O) groups excluding carboxylic acids is 2. The number of phenols is 1. The van der Waals surface area contributed by atoms with Gasteiger partial charge in [0.2, 0.25) is 0 Å². The molecule has 2 heterocycles. The van der Waals surface area contributed by atoms with Crippen LogP contribution in [0.25, 0.3) is 6.08 Å². The van der Waals surface area contributed by atoms with Gasteiger partial charge in [-0.25, -0.2) is 9.69 Å². The highest BCUT2D eigenvalue weighted by Gasteiger charge is 2.43. The average molecular weight is 408 g/mol. The number of imide groups is 1. The summed E-state index contributed by atoms with van der Waals surface area (Å²) in [5.74, 6) is -0.319. The standard InChI is InChI=1S/C24H16N4O3/c25-14-15-6-7-16-13-20-22(27(21(16)12-15)18-8-10-19(29)11-9-18)26-24(31)28(23(20)30)17-4-2-1-3-5-17/h1-13,22,29H,(H,26,31). The quantitative estimate of drug-likeness (QED) is 0.671. The summed E-state index contributed by atoms with van der Waals surface area (Å²) in [5, 5.41) is 22.0. The van der Waals surface area contributed by atoms with Crippen LogP contribution in [-0.2, 0) is 4.79 Å². The smallest absolute Gasteiger partial charge is 0.330 e. The fraction of sp³-hybridized carbons (Fsp3) is 0.0417. The molecule has 5 rings (SSSR count). The van der Waals surface area contributed by atoms with E-state index in [1.807, 2.05) is 6.07 Å². The normalized spacial score (nSPS) is 17.3. The Balaban J connectivity index is 1.68. The van der Waals surface area contributed by atoms with Crippen LogP contribution in [0.4, 0.5) is 21.9 Å². The molecule has 7 heteroatoms. The van der Waals surface area contributed by atoms with Crippen molar-refractivity contribution in [3.63, 3.8) is 0 Å². The summed E-state index contributed by atoms with van der Waals surface area (Å²) in [5.41, 5.74) is 3.42. The van der Waals surface area contributed by atoms with Gasteiger partial charge >= 0.3 is 6.03 Å². The number of amides is 3. The van der Waals surface area contributed by atoms with E-state index in [9.17, 15) is 20.0 Å². The lowest BCUT2D eigenvalue weighted by Gasteiger charge is -2.43. The molecule has 3 aromatic rings. The minimum atomic E-state index is -0.758. The molecule has 0 aliphatic carbocycles. The van der Waals surface area contributed by atoms with Crippen LogP contribution in [0.5, 0.6) is 5.75 Å². The number of para-hydroxylation sites is 1. The molecule has 2 N–H and O–H groups in total. The van der Waals surface area contributed by atoms with Crippen LogP contribution in [-0.4, -0.2) is 23.2 Å². The first kappa shape index (κ1) is 18.5. The third-order valence-electron chi connectivity index (χ3n) is 5.34. The number of urea groups is 1. The van der Waals surface area contributed by atoms with Crippen LogP contribution in [0.1, 0.15) is 11.1 Å². The Labute approximate surface area is 178 Å². The monoisotopic (exact) mass is 408 g/mol. The van der Waals surface area contributed by atoms with E-state index in [1.54, 1.807) is 65.6 Å². The van der Waals surface area contributed by atoms with E-state index in [4.69, 9.17) is 0 Å². The van der Waals surface area contributed by atoms with Crippen molar-refractivity contribution in [2.24, 2.45) is 0 Å². The summed E-state index contributed by atoms with van der Waals surface area (Å²) in [6.07, 6.45) is 0.987. The first-order chi connectivity index (χ1) is 15.1. The van der Waals surface area contributed by atoms with E-state index < -0.39 is 18.1 Å². The number of carbonyl (C=O) groups is 2. The Bertz CT molecular complexity index is 1280. The maximum absolute atomic E-state index is 13.4. The third kappa shape index (κ3) is 2.98. The lowest BCUT2D eigenvalue weighted by molar-refractivity contribution is -0.115. The molecular formula is C24H16N4O3. The highest BCUT2D eigenvalue weighted by atomic mass is 16.3. The number of hydrogen-bond donors (Lipinski definition) is 2. The summed E-state index contributed by atoms with van der Waals surface area (Å²) in [4.78, 5) is 29.3. The molecule has 2 aliphatic rings. The van der Waals surface area contributed by atoms with Gasteiger partial charge in [0.15, 0.2) is 0 Å². The van der Waals surface area contributed by atoms with E-state index in [1.165, 1.54) is 12.1 Å². The van der Waals surface area contributed by atoms with Crippen LogP contribution in [0, 0.1) is 11.3 Å². The Kier molecular flexibility index (Phi) is 4.19. The third-order valence-corrected chi connectivity index (χ3v) is 5.34. The summed E-state index contributed by atoms with van der Waals surface area (Å²) in [6.45, 7) is 0. The van der Waals surface area contributed by atoms with Crippen molar-refractivity contribution >= 4 is 35.1 Å². The number of anilines is 3. The van der Waals surface area contributed by atoms with Crippen LogP contribution in [0.15, 0.2) is 78.4 Å². The van der Waals surface area contributed by atoms with Gasteiger partial charge in [0, 0.05) is 5.69 Å². The zero-order chi connectivity index (χ0) is 21.5. The molecule has 2 aliphatic heterocycles. The molecule has 1 atom stereocenters. The van der Waals surface area contributed by atoms with Crippen molar-refractivity contribution in [1.29, 1.82) is 5.26 Å². The molecule has 1 unspecified atom stereocenters. The van der Waals surface area contributed by atoms with E-state index in [2.05, 4.69) is 11.4 Å². The van der Waals surface area contributed by atoms with Crippen LogP contribution in [0.2, 0.25) is 0 Å². The molecule has 0 radical (unpaired) electrons. The summed E-state index contributed by atoms with van der Waals surface area (Å²) in [6, 6.07) is 22.0. The number of rotatable bonds is 2. The van der Waals surface area contributed by atoms with Gasteiger partial charge in [-0.05, 0) is 60.2 Å². The number of nitrogens with one attached hydrogen (secondary N) is 1. The zero-order valence-corrected chi connectivity index (χ0v) is 16.2. The van der Waals surface area contributed by atoms with Gasteiger partial charge in [-0.15, -0.1) is 0 Å². The summed E-state index contributed by atoms with van der Waals surface area (Å²) in [7, 11) is 0. The van der Waals surface area contributed by atoms with Crippen molar-refractivity contribution in [1.82, 2.24) is 5.32 Å². The second kappa shape index (κ2) is 7.04. The van der Waals surface area contributed by atoms with Gasteiger partial charge in [-0.1, -0.05) is 24.3 Å². The van der Waals surface area contributed by atoms with Crippen molar-refractivity contribution in [2.45, 2.75) is 6.17 Å². The van der Waals surface area contributed by atoms with Gasteiger partial charge in [-0.2, -0.15) is 5.26 Å². The molecule has 1 fully saturated rings. The van der Waals surface area contributed by atoms with Crippen molar-refractivity contribution in [2.75, 3.05) is 9.80 Å². The van der Waals surface area contributed by atoms with Gasteiger partial charge in [0.1, 0.15) is 11.9 Å². The molecule has 0 bridgehead atoms. The SMILES string of the molecule is N#Cc1ccc2c(c1)N(c1ccc(O)cc1)C1NC(=O)N(c3ccccc3)C(=O)C1=C2. The summed E-state index contributed by atoms with van der Waals surface area (Å²) < 4.78 is 0. The number of benzene rings is 3. The Hall–Kier alpha value is -4.57. The Morgan fingerprint density at radius 3 is 2.39 bits per heavy atom. The van der Waals surface area contributed by atoms with Crippen molar-refractivity contribution in [3.05, 3.63) is 89.5 Å². The number of hydrogen-bond acceptors (Lipinski definition) is 5. The highest BCUT2D eigenvalue weighted by molar-refractivity contribution is 6.25. The molecule has 1 saturated heterocycles. The van der Waals surface area contributed by atoms with Gasteiger partial charge in [0.25, 0.3) is 5.91 Å². The largest absolute Gasteiger partial charge is 0.508 e. The molecule has 0 aromatic heterocycles. The van der Waals surface area contributed by atoms with E-state index >= 15 is 0 Å². The molecule has 150 valence electrons. The average Bonchev–Trinajstić information content (AvgIpc) is 2.79. The predicted octanol–water partition coefficient (Wildman–Crippen LogP) is 3.88. The maximum atomic E-state index is 13.4. The number of aromatic hydroxyl groups is 1. The van der Waals surface area contributed by atoms with Crippen LogP contribution < -0.4 is 15.1 Å². The van der Waals surface area contributed by atoms with E-state index in [0.717, 1.165) is 10.5 Å². The summed E-state index contributed by atoms with van der Waals surface area (Å²) >= 11 is 0. The van der Waals surface area contributed by atoms with Crippen LogP contribution in [0.3, 0.4) is 0 Å². The molecule has 3 amide bonds. The van der Waals surface area contributed by atoms with E-state index in [0.29, 0.717) is 28.2 Å². The minimum Gasteiger partial charge on any atom is -0.508 e. The second-order valence-corrected chi connectivity index (χ2v) is 7.20. The fourth-order valence-electron chi connectivity index (χ4n) is 3.91. The Morgan fingerprint density at radius 1 is 0.935 bits per heavy atom. The number of phenolic OH excluding ortho intramolecular Hbond substituents is 1. The van der Waals surface area contributed by atoms with Crippen molar-refractivity contribution < 1.29 is 14.7 Å². The predicted molar refractivity (Wildman–Crippen MR) is 116 cm³/mol. The first-order valence-electron chi connectivity index (χ1n) is 9.61. The van der Waals surface area contributed by atoms with Crippen LogP contribution >= 0.6 is 0 Å². The first-order valence-corrected chi connectivity index (χ1v) is 9.61. The van der Waals surface area contributed by atoms with Crippen molar-refractivity contribution in [3.8, 4) is 11.8 Å². The molecule has 31 heavy (non-hydrogen) atoms. The molecule has 0 spiro atoms. The topological polar surface area (TPSA) is 96.7 Å². The Morgan fingerprint density at radius 2 is 1.68 bits per heavy atom. The van der Waals surface area contributed by atoms with Gasteiger partial charge < -0.3 is 15.3 Å². The lowest BCUT2D eigenvalue weighted by atomic mass is 9.95. The number of fused-ring (bicyclic) bond motifs is 2. The van der Waals surface area contributed by atoms with Gasteiger partial charge in [0.05, 0.1) is 28.6 Å². The zero-order valence-electron chi connectivity index (χ0n) is 16.2. The highest BCUT2D eigenvalue weighted by Crippen LogP contribution is 2.40. The molecule has 3 aromatic carbocycles. The molecule has 0 saturated carbocycles. The van der Waals surface area contributed by atoms with E-state index in [-0.39, 0.29) is 5.75 Å².